The number of esters is 1. The van der Waals surface area contributed by atoms with E-state index in [1.807, 2.05) is 0 Å². The smallest absolute Gasteiger partial charge is 0.339 e. The quantitative estimate of drug-likeness (QED) is 0.641. The Hall–Kier alpha value is -2.21. The second-order valence-corrected chi connectivity index (χ2v) is 4.43. The van der Waals surface area contributed by atoms with Crippen LogP contribution in [0.3, 0.4) is 0 Å². The molecule has 1 heterocycles. The van der Waals surface area contributed by atoms with Crippen LogP contribution in [0, 0.1) is 11.6 Å². The first kappa shape index (κ1) is 15.2. The van der Waals surface area contributed by atoms with Gasteiger partial charge in [0.2, 0.25) is 0 Å². The molecule has 2 aromatic rings. The molecule has 4 nitrogen and oxygen atoms in total. The SMILES string of the molecule is COC(=O)c1cnc(Cl)c(OCc2cc(F)cc(F)c2)c1. The van der Waals surface area contributed by atoms with Gasteiger partial charge in [0.25, 0.3) is 0 Å². The van der Waals surface area contributed by atoms with Crippen molar-refractivity contribution < 1.29 is 23.0 Å². The first-order chi connectivity index (χ1) is 9.99. The van der Waals surface area contributed by atoms with Crippen LogP contribution in [0.4, 0.5) is 8.78 Å². The fraction of sp³-hybridized carbons (Fsp3) is 0.143. The molecule has 2 rings (SSSR count). The van der Waals surface area contributed by atoms with Gasteiger partial charge >= 0.3 is 5.97 Å². The number of ether oxygens (including phenoxy) is 2. The Kier molecular flexibility index (Phi) is 4.70. The molecule has 0 saturated carbocycles. The van der Waals surface area contributed by atoms with Crippen LogP contribution >= 0.6 is 11.6 Å². The van der Waals surface area contributed by atoms with Crippen molar-refractivity contribution in [2.45, 2.75) is 6.61 Å². The summed E-state index contributed by atoms with van der Waals surface area (Å²) in [6.07, 6.45) is 1.24. The Balaban J connectivity index is 2.17. The van der Waals surface area contributed by atoms with Gasteiger partial charge in [0.1, 0.15) is 18.2 Å². The molecule has 0 spiro atoms. The summed E-state index contributed by atoms with van der Waals surface area (Å²) in [5.74, 6) is -1.90. The van der Waals surface area contributed by atoms with Crippen molar-refractivity contribution in [3.05, 3.63) is 58.4 Å². The highest BCUT2D eigenvalue weighted by Gasteiger charge is 2.11. The largest absolute Gasteiger partial charge is 0.486 e. The van der Waals surface area contributed by atoms with Crippen LogP contribution in [0.5, 0.6) is 5.75 Å². The van der Waals surface area contributed by atoms with Crippen LogP contribution in [0.15, 0.2) is 30.5 Å². The van der Waals surface area contributed by atoms with E-state index in [9.17, 15) is 13.6 Å². The summed E-state index contributed by atoms with van der Waals surface area (Å²) in [6.45, 7) is -0.124. The molecule has 110 valence electrons. The fourth-order valence-electron chi connectivity index (χ4n) is 1.61. The van der Waals surface area contributed by atoms with Gasteiger partial charge in [-0.15, -0.1) is 0 Å². The molecule has 7 heteroatoms. The predicted octanol–water partition coefficient (Wildman–Crippen LogP) is 3.38. The molecule has 0 fully saturated rings. The molecule has 0 aliphatic carbocycles. The van der Waals surface area contributed by atoms with E-state index in [0.29, 0.717) is 0 Å². The molecule has 0 bridgehead atoms. The molecule has 0 aliphatic rings. The molecule has 21 heavy (non-hydrogen) atoms. The molecule has 1 aromatic carbocycles. The van der Waals surface area contributed by atoms with Crippen LogP contribution in [-0.2, 0) is 11.3 Å². The molecule has 0 aliphatic heterocycles. The number of hydrogen-bond acceptors (Lipinski definition) is 4. The molecule has 0 amide bonds. The number of benzene rings is 1. The summed E-state index contributed by atoms with van der Waals surface area (Å²) in [6, 6.07) is 4.37. The van der Waals surface area contributed by atoms with Crippen LogP contribution in [0.25, 0.3) is 0 Å². The van der Waals surface area contributed by atoms with Crippen molar-refractivity contribution in [3.63, 3.8) is 0 Å². The number of nitrogens with zero attached hydrogens (tertiary/aromatic N) is 1. The summed E-state index contributed by atoms with van der Waals surface area (Å²) in [7, 11) is 1.23. The molecule has 1 aromatic heterocycles. The van der Waals surface area contributed by atoms with Crippen molar-refractivity contribution in [2.24, 2.45) is 0 Å². The Morgan fingerprint density at radius 3 is 2.52 bits per heavy atom. The average molecular weight is 314 g/mol. The lowest BCUT2D eigenvalue weighted by Gasteiger charge is -2.09. The van der Waals surface area contributed by atoms with Crippen molar-refractivity contribution in [2.75, 3.05) is 7.11 Å². The maximum Gasteiger partial charge on any atom is 0.339 e. The molecule has 0 atom stereocenters. The van der Waals surface area contributed by atoms with E-state index in [4.69, 9.17) is 16.3 Å². The topological polar surface area (TPSA) is 48.4 Å². The fourth-order valence-corrected chi connectivity index (χ4v) is 1.77. The minimum absolute atomic E-state index is 0.0273. The summed E-state index contributed by atoms with van der Waals surface area (Å²) in [5.41, 5.74) is 0.439. The van der Waals surface area contributed by atoms with Crippen molar-refractivity contribution in [1.82, 2.24) is 4.98 Å². The first-order valence-electron chi connectivity index (χ1n) is 5.81. The maximum absolute atomic E-state index is 13.1. The minimum Gasteiger partial charge on any atom is -0.486 e. The number of carbonyl (C=O) groups excluding carboxylic acids is 1. The third kappa shape index (κ3) is 3.88. The van der Waals surface area contributed by atoms with Gasteiger partial charge in [0.05, 0.1) is 12.7 Å². The zero-order valence-corrected chi connectivity index (χ0v) is 11.7. The van der Waals surface area contributed by atoms with Gasteiger partial charge in [-0.1, -0.05) is 11.6 Å². The number of methoxy groups -OCH3 is 1. The number of halogens is 3. The van der Waals surface area contributed by atoms with E-state index in [1.54, 1.807) is 0 Å². The number of rotatable bonds is 4. The number of hydrogen-bond donors (Lipinski definition) is 0. The van der Waals surface area contributed by atoms with E-state index >= 15 is 0 Å². The van der Waals surface area contributed by atoms with E-state index in [0.717, 1.165) is 18.2 Å². The summed E-state index contributed by atoms with van der Waals surface area (Å²) in [4.78, 5) is 15.2. The standard InChI is InChI=1S/C14H10ClF2NO3/c1-20-14(19)9-4-12(13(15)18-6-9)21-7-8-2-10(16)5-11(17)3-8/h2-6H,7H2,1H3. The number of aromatic nitrogens is 1. The number of carbonyl (C=O) groups is 1. The van der Waals surface area contributed by atoms with Crippen molar-refractivity contribution in [3.8, 4) is 5.75 Å². The lowest BCUT2D eigenvalue weighted by molar-refractivity contribution is 0.0599. The van der Waals surface area contributed by atoms with Gasteiger partial charge in [-0.25, -0.2) is 18.6 Å². The zero-order valence-electron chi connectivity index (χ0n) is 10.9. The Labute approximate surface area is 124 Å². The van der Waals surface area contributed by atoms with Crippen molar-refractivity contribution in [1.29, 1.82) is 0 Å². The zero-order chi connectivity index (χ0) is 15.4. The summed E-state index contributed by atoms with van der Waals surface area (Å²) >= 11 is 5.84. The third-order valence-corrected chi connectivity index (χ3v) is 2.83. The van der Waals surface area contributed by atoms with E-state index in [-0.39, 0.29) is 28.6 Å². The van der Waals surface area contributed by atoms with Gasteiger partial charge in [0.15, 0.2) is 10.9 Å². The lowest BCUT2D eigenvalue weighted by atomic mass is 10.2. The van der Waals surface area contributed by atoms with Crippen LogP contribution in [0.2, 0.25) is 5.15 Å². The normalized spacial score (nSPS) is 10.3. The summed E-state index contributed by atoms with van der Waals surface area (Å²) < 4.78 is 36.0. The molecule has 0 radical (unpaired) electrons. The van der Waals surface area contributed by atoms with Gasteiger partial charge in [-0.2, -0.15) is 0 Å². The molecule has 0 N–H and O–H groups in total. The van der Waals surface area contributed by atoms with Crippen LogP contribution in [0.1, 0.15) is 15.9 Å². The Morgan fingerprint density at radius 2 is 1.90 bits per heavy atom. The van der Waals surface area contributed by atoms with Crippen molar-refractivity contribution >= 4 is 17.6 Å². The minimum atomic E-state index is -0.707. The monoisotopic (exact) mass is 313 g/mol. The predicted molar refractivity (Wildman–Crippen MR) is 71.3 cm³/mol. The molecular formula is C14H10ClF2NO3. The molecular weight excluding hydrogens is 304 g/mol. The molecule has 0 unspecified atom stereocenters. The Morgan fingerprint density at radius 1 is 1.24 bits per heavy atom. The van der Waals surface area contributed by atoms with E-state index in [2.05, 4.69) is 9.72 Å². The lowest BCUT2D eigenvalue weighted by Crippen LogP contribution is -2.04. The second kappa shape index (κ2) is 6.49. The summed E-state index contributed by atoms with van der Waals surface area (Å²) in [5, 5.41) is 0.0273. The highest BCUT2D eigenvalue weighted by Crippen LogP contribution is 2.24. The van der Waals surface area contributed by atoms with Gasteiger partial charge in [-0.3, -0.25) is 0 Å². The number of pyridine rings is 1. The highest BCUT2D eigenvalue weighted by molar-refractivity contribution is 6.30. The Bertz CT molecular complexity index is 659. The maximum atomic E-state index is 13.1. The van der Waals surface area contributed by atoms with Crippen LogP contribution < -0.4 is 4.74 Å². The van der Waals surface area contributed by atoms with Gasteiger partial charge < -0.3 is 9.47 Å². The van der Waals surface area contributed by atoms with E-state index < -0.39 is 17.6 Å². The third-order valence-electron chi connectivity index (χ3n) is 2.54. The molecule has 0 saturated heterocycles. The highest BCUT2D eigenvalue weighted by atomic mass is 35.5. The van der Waals surface area contributed by atoms with E-state index in [1.165, 1.54) is 19.4 Å². The van der Waals surface area contributed by atoms with Gasteiger partial charge in [-0.05, 0) is 23.8 Å². The van der Waals surface area contributed by atoms with Crippen LogP contribution in [-0.4, -0.2) is 18.1 Å². The van der Waals surface area contributed by atoms with Gasteiger partial charge in [0, 0.05) is 12.3 Å². The average Bonchev–Trinajstić information content (AvgIpc) is 2.44. The first-order valence-corrected chi connectivity index (χ1v) is 6.19. The second-order valence-electron chi connectivity index (χ2n) is 4.07.